The van der Waals surface area contributed by atoms with Crippen LogP contribution < -0.4 is 5.32 Å². The van der Waals surface area contributed by atoms with Crippen LogP contribution in [0.5, 0.6) is 0 Å². The summed E-state index contributed by atoms with van der Waals surface area (Å²) in [5, 5.41) is 2.34. The van der Waals surface area contributed by atoms with E-state index in [2.05, 4.69) is 5.32 Å². The van der Waals surface area contributed by atoms with Gasteiger partial charge >= 0.3 is 6.03 Å². The molecule has 4 nitrogen and oxygen atoms in total. The number of nitrogens with zero attached hydrogens (tertiary/aromatic N) is 1. The van der Waals surface area contributed by atoms with Crippen LogP contribution in [-0.2, 0) is 4.79 Å². The molecule has 0 aliphatic carbocycles. The maximum absolute atomic E-state index is 11.3. The lowest BCUT2D eigenvalue weighted by molar-refractivity contribution is -0.127. The van der Waals surface area contributed by atoms with Crippen molar-refractivity contribution in [3.05, 3.63) is 0 Å². The van der Waals surface area contributed by atoms with Gasteiger partial charge in [0, 0.05) is 12.6 Å². The summed E-state index contributed by atoms with van der Waals surface area (Å²) in [7, 11) is 0. The van der Waals surface area contributed by atoms with Gasteiger partial charge in [-0.15, -0.1) is 0 Å². The van der Waals surface area contributed by atoms with Crippen molar-refractivity contribution < 1.29 is 9.59 Å². The van der Waals surface area contributed by atoms with Gasteiger partial charge in [-0.25, -0.2) is 4.79 Å². The molecule has 74 valence electrons. The first-order valence-electron chi connectivity index (χ1n) is 4.69. The Morgan fingerprint density at radius 1 is 1.38 bits per heavy atom. The molecule has 1 aliphatic rings. The average molecular weight is 184 g/mol. The first-order valence-corrected chi connectivity index (χ1v) is 4.69. The van der Waals surface area contributed by atoms with Crippen LogP contribution in [0.3, 0.4) is 0 Å². The fourth-order valence-electron chi connectivity index (χ4n) is 1.51. The van der Waals surface area contributed by atoms with Gasteiger partial charge in [0.15, 0.2) is 0 Å². The Morgan fingerprint density at radius 3 is 2.54 bits per heavy atom. The molecule has 0 aromatic carbocycles. The number of nitrogens with one attached hydrogen (secondary N) is 1. The molecule has 13 heavy (non-hydrogen) atoms. The van der Waals surface area contributed by atoms with E-state index in [1.165, 1.54) is 0 Å². The van der Waals surface area contributed by atoms with E-state index >= 15 is 0 Å². The lowest BCUT2D eigenvalue weighted by Gasteiger charge is -2.36. The van der Waals surface area contributed by atoms with Crippen LogP contribution in [0.1, 0.15) is 27.2 Å². The number of hydrogen-bond acceptors (Lipinski definition) is 2. The number of hydrogen-bond donors (Lipinski definition) is 1. The Hall–Kier alpha value is -1.06. The topological polar surface area (TPSA) is 49.4 Å². The predicted molar refractivity (Wildman–Crippen MR) is 49.2 cm³/mol. The Bertz CT molecular complexity index is 228. The monoisotopic (exact) mass is 184 g/mol. The third kappa shape index (κ3) is 1.82. The van der Waals surface area contributed by atoms with Gasteiger partial charge in [-0.05, 0) is 13.3 Å². The van der Waals surface area contributed by atoms with Crippen LogP contribution in [0, 0.1) is 5.92 Å². The van der Waals surface area contributed by atoms with Crippen LogP contribution in [0.15, 0.2) is 0 Å². The SMILES string of the molecule is CCCN1C(=O)NC(=O)C(C)C1C. The number of imide groups is 1. The highest BCUT2D eigenvalue weighted by Crippen LogP contribution is 2.16. The Balaban J connectivity index is 2.73. The molecule has 1 N–H and O–H groups in total. The van der Waals surface area contributed by atoms with Crippen molar-refractivity contribution in [2.45, 2.75) is 33.2 Å². The molecule has 0 aromatic heterocycles. The number of rotatable bonds is 2. The Kier molecular flexibility index (Phi) is 2.90. The molecule has 1 aliphatic heterocycles. The summed E-state index contributed by atoms with van der Waals surface area (Å²) in [5.41, 5.74) is 0. The molecule has 0 radical (unpaired) electrons. The summed E-state index contributed by atoms with van der Waals surface area (Å²) >= 11 is 0. The van der Waals surface area contributed by atoms with Gasteiger partial charge in [-0.3, -0.25) is 10.1 Å². The van der Waals surface area contributed by atoms with Gasteiger partial charge in [0.2, 0.25) is 5.91 Å². The van der Waals surface area contributed by atoms with Gasteiger partial charge in [0.1, 0.15) is 0 Å². The summed E-state index contributed by atoms with van der Waals surface area (Å²) < 4.78 is 0. The second kappa shape index (κ2) is 3.77. The third-order valence-corrected chi connectivity index (χ3v) is 2.58. The molecule has 2 unspecified atom stereocenters. The third-order valence-electron chi connectivity index (χ3n) is 2.58. The first-order chi connectivity index (χ1) is 6.07. The van der Waals surface area contributed by atoms with Gasteiger partial charge in [-0.2, -0.15) is 0 Å². The van der Waals surface area contributed by atoms with Crippen molar-refractivity contribution in [3.8, 4) is 0 Å². The van der Waals surface area contributed by atoms with Crippen molar-refractivity contribution in [1.82, 2.24) is 10.2 Å². The molecule has 0 spiro atoms. The van der Waals surface area contributed by atoms with E-state index in [1.807, 2.05) is 20.8 Å². The van der Waals surface area contributed by atoms with E-state index in [4.69, 9.17) is 0 Å². The molecular formula is C9H16N2O2. The Morgan fingerprint density at radius 2 is 2.00 bits per heavy atom. The summed E-state index contributed by atoms with van der Waals surface area (Å²) in [4.78, 5) is 24.3. The standard InChI is InChI=1S/C9H16N2O2/c1-4-5-11-7(3)6(2)8(12)10-9(11)13/h6-7H,4-5H2,1-3H3,(H,10,12,13). The smallest absolute Gasteiger partial charge is 0.321 e. The highest BCUT2D eigenvalue weighted by atomic mass is 16.2. The Labute approximate surface area is 78.3 Å². The minimum absolute atomic E-state index is 0.0150. The van der Waals surface area contributed by atoms with E-state index in [0.717, 1.165) is 6.42 Å². The van der Waals surface area contributed by atoms with Crippen LogP contribution in [0.4, 0.5) is 4.79 Å². The minimum atomic E-state index is -0.252. The summed E-state index contributed by atoms with van der Waals surface area (Å²) in [6.07, 6.45) is 0.915. The largest absolute Gasteiger partial charge is 0.324 e. The number of carbonyl (C=O) groups is 2. The average Bonchev–Trinajstić information content (AvgIpc) is 2.09. The molecule has 1 rings (SSSR count). The molecule has 4 heteroatoms. The highest BCUT2D eigenvalue weighted by Gasteiger charge is 2.34. The van der Waals surface area contributed by atoms with Gasteiger partial charge in [-0.1, -0.05) is 13.8 Å². The number of amides is 3. The van der Waals surface area contributed by atoms with Crippen molar-refractivity contribution in [2.75, 3.05) is 6.54 Å². The lowest BCUT2D eigenvalue weighted by Crippen LogP contribution is -2.58. The zero-order chi connectivity index (χ0) is 10.0. The quantitative estimate of drug-likeness (QED) is 0.695. The molecule has 0 bridgehead atoms. The number of carbonyl (C=O) groups excluding carboxylic acids is 2. The molecule has 1 heterocycles. The maximum atomic E-state index is 11.3. The van der Waals surface area contributed by atoms with E-state index in [9.17, 15) is 9.59 Å². The zero-order valence-electron chi connectivity index (χ0n) is 8.33. The molecular weight excluding hydrogens is 168 g/mol. The second-order valence-corrected chi connectivity index (χ2v) is 3.52. The first kappa shape index (κ1) is 10.0. The van der Waals surface area contributed by atoms with Gasteiger partial charge in [0.25, 0.3) is 0 Å². The number of urea groups is 1. The molecule has 3 amide bonds. The van der Waals surface area contributed by atoms with E-state index in [1.54, 1.807) is 4.90 Å². The predicted octanol–water partition coefficient (Wildman–Crippen LogP) is 0.973. The van der Waals surface area contributed by atoms with Crippen molar-refractivity contribution >= 4 is 11.9 Å². The van der Waals surface area contributed by atoms with E-state index in [-0.39, 0.29) is 23.9 Å². The van der Waals surface area contributed by atoms with E-state index in [0.29, 0.717) is 6.54 Å². The van der Waals surface area contributed by atoms with Crippen LogP contribution in [0.25, 0.3) is 0 Å². The molecule has 0 aromatic rings. The van der Waals surface area contributed by atoms with Crippen LogP contribution >= 0.6 is 0 Å². The second-order valence-electron chi connectivity index (χ2n) is 3.52. The van der Waals surface area contributed by atoms with Crippen molar-refractivity contribution in [1.29, 1.82) is 0 Å². The van der Waals surface area contributed by atoms with E-state index < -0.39 is 0 Å². The highest BCUT2D eigenvalue weighted by molar-refractivity contribution is 5.98. The van der Waals surface area contributed by atoms with Crippen molar-refractivity contribution in [2.24, 2.45) is 5.92 Å². The minimum Gasteiger partial charge on any atom is -0.321 e. The maximum Gasteiger partial charge on any atom is 0.324 e. The zero-order valence-corrected chi connectivity index (χ0v) is 8.33. The molecule has 1 saturated heterocycles. The van der Waals surface area contributed by atoms with Gasteiger partial charge < -0.3 is 4.90 Å². The molecule has 2 atom stereocenters. The normalized spacial score (nSPS) is 29.0. The van der Waals surface area contributed by atoms with Crippen LogP contribution in [0.2, 0.25) is 0 Å². The lowest BCUT2D eigenvalue weighted by atomic mass is 9.99. The summed E-state index contributed by atoms with van der Waals surface area (Å²) in [5.74, 6) is -0.269. The fourth-order valence-corrected chi connectivity index (χ4v) is 1.51. The fraction of sp³-hybridized carbons (Fsp3) is 0.778. The van der Waals surface area contributed by atoms with Crippen molar-refractivity contribution in [3.63, 3.8) is 0 Å². The summed E-state index contributed by atoms with van der Waals surface area (Å²) in [6, 6.07) is -0.237. The van der Waals surface area contributed by atoms with Crippen LogP contribution in [-0.4, -0.2) is 29.4 Å². The van der Waals surface area contributed by atoms with Gasteiger partial charge in [0.05, 0.1) is 5.92 Å². The molecule has 1 fully saturated rings. The summed E-state index contributed by atoms with van der Waals surface area (Å²) in [6.45, 7) is 6.48. The molecule has 0 saturated carbocycles.